The molecule has 4 rings (SSSR count). The van der Waals surface area contributed by atoms with Crippen LogP contribution < -0.4 is 4.90 Å². The second kappa shape index (κ2) is 4.84. The molecular formula is C15H15N7. The van der Waals surface area contributed by atoms with Gasteiger partial charge in [0.1, 0.15) is 23.9 Å². The van der Waals surface area contributed by atoms with Crippen LogP contribution in [-0.2, 0) is 13.0 Å². The molecule has 0 amide bonds. The lowest BCUT2D eigenvalue weighted by Gasteiger charge is -2.32. The molecule has 3 aromatic heterocycles. The number of nitriles is 1. The molecule has 0 spiro atoms. The average Bonchev–Trinajstić information content (AvgIpc) is 3.18. The predicted octanol–water partition coefficient (Wildman–Crippen LogP) is 1.48. The molecule has 7 nitrogen and oxygen atoms in total. The summed E-state index contributed by atoms with van der Waals surface area (Å²) in [5.41, 5.74) is 2.48. The molecule has 7 heteroatoms. The van der Waals surface area contributed by atoms with Gasteiger partial charge in [0, 0.05) is 18.9 Å². The van der Waals surface area contributed by atoms with E-state index in [2.05, 4.69) is 38.1 Å². The Hall–Kier alpha value is -2.88. The zero-order chi connectivity index (χ0) is 15.1. The summed E-state index contributed by atoms with van der Waals surface area (Å²) in [5, 5.41) is 14.3. The number of hydrogen-bond acceptors (Lipinski definition) is 5. The SMILES string of the molecule is CN(c1ncnc2[nH]ccc12)[C@H]1CCc2cc(C#N)nn2C1. The Balaban J connectivity index is 1.65. The molecule has 22 heavy (non-hydrogen) atoms. The maximum Gasteiger partial charge on any atom is 0.162 e. The van der Waals surface area contributed by atoms with Gasteiger partial charge in [0.15, 0.2) is 5.69 Å². The summed E-state index contributed by atoms with van der Waals surface area (Å²) in [7, 11) is 2.05. The predicted molar refractivity (Wildman–Crippen MR) is 81.3 cm³/mol. The van der Waals surface area contributed by atoms with E-state index < -0.39 is 0 Å². The minimum Gasteiger partial charge on any atom is -0.354 e. The number of anilines is 1. The number of nitrogens with zero attached hydrogens (tertiary/aromatic N) is 6. The highest BCUT2D eigenvalue weighted by Gasteiger charge is 2.25. The van der Waals surface area contributed by atoms with Crippen LogP contribution in [-0.4, -0.2) is 37.8 Å². The van der Waals surface area contributed by atoms with Crippen LogP contribution in [0.4, 0.5) is 5.82 Å². The number of aromatic amines is 1. The number of rotatable bonds is 2. The fourth-order valence-corrected chi connectivity index (χ4v) is 3.10. The van der Waals surface area contributed by atoms with E-state index in [-0.39, 0.29) is 0 Å². The maximum atomic E-state index is 8.98. The van der Waals surface area contributed by atoms with Gasteiger partial charge in [-0.15, -0.1) is 0 Å². The summed E-state index contributed by atoms with van der Waals surface area (Å²) in [6, 6.07) is 6.29. The highest BCUT2D eigenvalue weighted by atomic mass is 15.3. The minimum absolute atomic E-state index is 0.298. The van der Waals surface area contributed by atoms with E-state index >= 15 is 0 Å². The Labute approximate surface area is 127 Å². The first-order valence-electron chi connectivity index (χ1n) is 7.24. The molecule has 1 atom stereocenters. The summed E-state index contributed by atoms with van der Waals surface area (Å²) in [5.74, 6) is 0.923. The smallest absolute Gasteiger partial charge is 0.162 e. The zero-order valence-corrected chi connectivity index (χ0v) is 12.2. The fraction of sp³-hybridized carbons (Fsp3) is 0.333. The molecule has 0 aromatic carbocycles. The quantitative estimate of drug-likeness (QED) is 0.773. The maximum absolute atomic E-state index is 8.98. The van der Waals surface area contributed by atoms with Crippen LogP contribution in [0.3, 0.4) is 0 Å². The molecule has 4 heterocycles. The Morgan fingerprint density at radius 1 is 1.45 bits per heavy atom. The Kier molecular flexibility index (Phi) is 2.82. The average molecular weight is 293 g/mol. The number of fused-ring (bicyclic) bond motifs is 2. The second-order valence-corrected chi connectivity index (χ2v) is 5.56. The van der Waals surface area contributed by atoms with Gasteiger partial charge in [0.25, 0.3) is 0 Å². The fourth-order valence-electron chi connectivity index (χ4n) is 3.10. The van der Waals surface area contributed by atoms with E-state index in [4.69, 9.17) is 5.26 Å². The van der Waals surface area contributed by atoms with Crippen molar-refractivity contribution in [3.8, 4) is 6.07 Å². The van der Waals surface area contributed by atoms with Crippen LogP contribution in [0.25, 0.3) is 11.0 Å². The van der Waals surface area contributed by atoms with Gasteiger partial charge in [-0.25, -0.2) is 9.97 Å². The molecule has 110 valence electrons. The van der Waals surface area contributed by atoms with E-state index in [9.17, 15) is 0 Å². The van der Waals surface area contributed by atoms with Gasteiger partial charge in [0.05, 0.1) is 18.0 Å². The molecule has 0 saturated heterocycles. The summed E-state index contributed by atoms with van der Waals surface area (Å²) in [6.45, 7) is 0.767. The lowest BCUT2D eigenvalue weighted by molar-refractivity contribution is 0.412. The molecule has 0 fully saturated rings. The van der Waals surface area contributed by atoms with Crippen LogP contribution in [0.15, 0.2) is 24.7 Å². The standard InChI is InChI=1S/C15H15N7/c1-21(15-13-4-5-17-14(13)18-9-19-15)12-3-2-11-6-10(7-16)20-22(11)8-12/h4-6,9,12H,2-3,8H2,1H3,(H,17,18,19)/t12-/m0/s1. The molecule has 0 radical (unpaired) electrons. The second-order valence-electron chi connectivity index (χ2n) is 5.56. The summed E-state index contributed by atoms with van der Waals surface area (Å²) in [4.78, 5) is 14.0. The van der Waals surface area contributed by atoms with Crippen molar-refractivity contribution in [1.82, 2.24) is 24.7 Å². The summed E-state index contributed by atoms with van der Waals surface area (Å²) < 4.78 is 1.94. The highest BCUT2D eigenvalue weighted by Crippen LogP contribution is 2.26. The number of aryl methyl sites for hydroxylation is 1. The normalized spacial score (nSPS) is 17.2. The highest BCUT2D eigenvalue weighted by molar-refractivity contribution is 5.87. The Morgan fingerprint density at radius 3 is 3.23 bits per heavy atom. The van der Waals surface area contributed by atoms with Crippen LogP contribution in [0.5, 0.6) is 0 Å². The summed E-state index contributed by atoms with van der Waals surface area (Å²) >= 11 is 0. The topological polar surface area (TPSA) is 86.4 Å². The number of likely N-dealkylation sites (N-methyl/N-ethyl adjacent to an activating group) is 1. The van der Waals surface area contributed by atoms with Crippen molar-refractivity contribution in [3.05, 3.63) is 36.0 Å². The molecule has 0 bridgehead atoms. The molecule has 3 aromatic rings. The van der Waals surface area contributed by atoms with Crippen LogP contribution in [0.1, 0.15) is 17.8 Å². The van der Waals surface area contributed by atoms with Crippen molar-refractivity contribution in [1.29, 1.82) is 5.26 Å². The van der Waals surface area contributed by atoms with Crippen LogP contribution >= 0.6 is 0 Å². The van der Waals surface area contributed by atoms with E-state index in [0.717, 1.165) is 41.9 Å². The third kappa shape index (κ3) is 1.92. The minimum atomic E-state index is 0.298. The molecule has 1 aliphatic rings. The van der Waals surface area contributed by atoms with Gasteiger partial charge in [-0.2, -0.15) is 10.4 Å². The summed E-state index contributed by atoms with van der Waals surface area (Å²) in [6.07, 6.45) is 5.40. The molecule has 1 aliphatic heterocycles. The van der Waals surface area contributed by atoms with Crippen molar-refractivity contribution >= 4 is 16.9 Å². The Bertz CT molecular complexity index is 870. The van der Waals surface area contributed by atoms with Gasteiger partial charge in [-0.05, 0) is 25.0 Å². The Morgan fingerprint density at radius 2 is 2.36 bits per heavy atom. The monoisotopic (exact) mass is 293 g/mol. The first-order valence-corrected chi connectivity index (χ1v) is 7.24. The van der Waals surface area contributed by atoms with Crippen molar-refractivity contribution in [2.24, 2.45) is 0 Å². The van der Waals surface area contributed by atoms with Crippen LogP contribution in [0.2, 0.25) is 0 Å². The molecule has 0 saturated carbocycles. The van der Waals surface area contributed by atoms with Crippen molar-refractivity contribution in [3.63, 3.8) is 0 Å². The lowest BCUT2D eigenvalue weighted by Crippen LogP contribution is -2.39. The molecular weight excluding hydrogens is 278 g/mol. The van der Waals surface area contributed by atoms with E-state index in [1.165, 1.54) is 0 Å². The van der Waals surface area contributed by atoms with Gasteiger partial charge in [-0.1, -0.05) is 0 Å². The number of hydrogen-bond donors (Lipinski definition) is 1. The van der Waals surface area contributed by atoms with Crippen molar-refractivity contribution in [2.75, 3.05) is 11.9 Å². The first-order chi connectivity index (χ1) is 10.8. The van der Waals surface area contributed by atoms with E-state index in [1.54, 1.807) is 6.33 Å². The third-order valence-electron chi connectivity index (χ3n) is 4.31. The largest absolute Gasteiger partial charge is 0.354 e. The van der Waals surface area contributed by atoms with Crippen molar-refractivity contribution < 1.29 is 0 Å². The molecule has 1 N–H and O–H groups in total. The number of H-pyrrole nitrogens is 1. The first kappa shape index (κ1) is 12.8. The zero-order valence-electron chi connectivity index (χ0n) is 12.2. The van der Waals surface area contributed by atoms with E-state index in [1.807, 2.05) is 23.0 Å². The number of aromatic nitrogens is 5. The van der Waals surface area contributed by atoms with Crippen LogP contribution in [0, 0.1) is 11.3 Å². The van der Waals surface area contributed by atoms with Gasteiger partial charge < -0.3 is 9.88 Å². The molecule has 0 unspecified atom stereocenters. The van der Waals surface area contributed by atoms with Gasteiger partial charge in [0.2, 0.25) is 0 Å². The van der Waals surface area contributed by atoms with Gasteiger partial charge in [-0.3, -0.25) is 4.68 Å². The van der Waals surface area contributed by atoms with Crippen molar-refractivity contribution in [2.45, 2.75) is 25.4 Å². The van der Waals surface area contributed by atoms with Gasteiger partial charge >= 0.3 is 0 Å². The third-order valence-corrected chi connectivity index (χ3v) is 4.31. The number of nitrogens with one attached hydrogen (secondary N) is 1. The molecule has 0 aliphatic carbocycles. The lowest BCUT2D eigenvalue weighted by atomic mass is 10.0. The van der Waals surface area contributed by atoms with E-state index in [0.29, 0.717) is 11.7 Å².